The maximum Gasteiger partial charge on any atom is 0.0673 e. The third-order valence-corrected chi connectivity index (χ3v) is 4.38. The van der Waals surface area contributed by atoms with E-state index in [0.29, 0.717) is 5.02 Å². The van der Waals surface area contributed by atoms with Crippen LogP contribution in [0.25, 0.3) is 0 Å². The van der Waals surface area contributed by atoms with E-state index in [-0.39, 0.29) is 0 Å². The average molecular weight is 329 g/mol. The third-order valence-electron chi connectivity index (χ3n) is 4.14. The van der Waals surface area contributed by atoms with E-state index in [0.717, 1.165) is 43.1 Å². The first-order valence-electron chi connectivity index (χ1n) is 7.87. The fourth-order valence-corrected chi connectivity index (χ4v) is 2.85. The molecule has 1 fully saturated rings. The van der Waals surface area contributed by atoms with Crippen LogP contribution < -0.4 is 4.90 Å². The lowest BCUT2D eigenvalue weighted by molar-refractivity contribution is 0.122. The molecule has 3 nitrogen and oxygen atoms in total. The van der Waals surface area contributed by atoms with Gasteiger partial charge in [-0.05, 0) is 54.8 Å². The highest BCUT2D eigenvalue weighted by atomic mass is 35.5. The van der Waals surface area contributed by atoms with Crippen LogP contribution in [0.5, 0.6) is 0 Å². The summed E-state index contributed by atoms with van der Waals surface area (Å²) < 4.78 is 5.41. The van der Waals surface area contributed by atoms with Crippen molar-refractivity contribution in [3.8, 4) is 0 Å². The Kier molecular flexibility index (Phi) is 4.99. The van der Waals surface area contributed by atoms with Crippen molar-refractivity contribution < 1.29 is 4.74 Å². The van der Waals surface area contributed by atoms with E-state index in [1.54, 1.807) is 0 Å². The minimum Gasteiger partial charge on any atom is -0.378 e. The summed E-state index contributed by atoms with van der Waals surface area (Å²) in [4.78, 5) is 6.96. The summed E-state index contributed by atoms with van der Waals surface area (Å²) >= 11 is 6.05. The van der Waals surface area contributed by atoms with Crippen LogP contribution in [0, 0.1) is 13.8 Å². The first kappa shape index (κ1) is 16.0. The number of morpholine rings is 1. The van der Waals surface area contributed by atoms with Crippen LogP contribution in [-0.2, 0) is 4.74 Å². The molecule has 3 rings (SSSR count). The number of ether oxygens (including phenoxy) is 1. The predicted octanol–water partition coefficient (Wildman–Crippen LogP) is 4.54. The highest BCUT2D eigenvalue weighted by Gasteiger charge is 2.11. The molecule has 0 amide bonds. The van der Waals surface area contributed by atoms with Gasteiger partial charge in [0.25, 0.3) is 0 Å². The Hall–Kier alpha value is -1.84. The molecule has 2 aromatic rings. The van der Waals surface area contributed by atoms with E-state index in [4.69, 9.17) is 16.3 Å². The van der Waals surface area contributed by atoms with Crippen LogP contribution in [0.1, 0.15) is 16.7 Å². The van der Waals surface area contributed by atoms with Gasteiger partial charge in [-0.15, -0.1) is 0 Å². The topological polar surface area (TPSA) is 24.8 Å². The Labute approximate surface area is 142 Å². The van der Waals surface area contributed by atoms with Gasteiger partial charge in [0.1, 0.15) is 0 Å². The second-order valence-electron chi connectivity index (χ2n) is 5.83. The molecule has 0 spiro atoms. The molecular formula is C19H21ClN2O. The monoisotopic (exact) mass is 328 g/mol. The van der Waals surface area contributed by atoms with Gasteiger partial charge in [-0.2, -0.15) is 0 Å². The van der Waals surface area contributed by atoms with Gasteiger partial charge in [-0.3, -0.25) is 4.99 Å². The van der Waals surface area contributed by atoms with Crippen LogP contribution in [0.2, 0.25) is 5.02 Å². The van der Waals surface area contributed by atoms with E-state index in [2.05, 4.69) is 35.0 Å². The zero-order valence-corrected chi connectivity index (χ0v) is 14.3. The summed E-state index contributed by atoms with van der Waals surface area (Å²) in [6.07, 6.45) is 1.91. The second kappa shape index (κ2) is 7.16. The lowest BCUT2D eigenvalue weighted by Gasteiger charge is -2.29. The maximum absolute atomic E-state index is 6.05. The fraction of sp³-hybridized carbons (Fsp3) is 0.316. The molecular weight excluding hydrogens is 308 g/mol. The Bertz CT molecular complexity index is 721. The first-order valence-corrected chi connectivity index (χ1v) is 8.25. The van der Waals surface area contributed by atoms with E-state index in [9.17, 15) is 0 Å². The van der Waals surface area contributed by atoms with Gasteiger partial charge in [0.15, 0.2) is 0 Å². The maximum atomic E-state index is 6.05. The molecule has 1 aliphatic heterocycles. The Morgan fingerprint density at radius 2 is 1.83 bits per heavy atom. The summed E-state index contributed by atoms with van der Waals surface area (Å²) in [5.74, 6) is 0. The van der Waals surface area contributed by atoms with Crippen molar-refractivity contribution in [2.45, 2.75) is 13.8 Å². The van der Waals surface area contributed by atoms with Crippen molar-refractivity contribution >= 4 is 29.2 Å². The quantitative estimate of drug-likeness (QED) is 0.772. The molecule has 1 saturated heterocycles. The molecule has 0 atom stereocenters. The molecule has 23 heavy (non-hydrogen) atoms. The molecule has 0 N–H and O–H groups in total. The van der Waals surface area contributed by atoms with E-state index < -0.39 is 0 Å². The van der Waals surface area contributed by atoms with Crippen molar-refractivity contribution in [1.29, 1.82) is 0 Å². The number of aryl methyl sites for hydroxylation is 2. The minimum atomic E-state index is 0.710. The Balaban J connectivity index is 1.80. The molecule has 0 unspecified atom stereocenters. The number of aliphatic imine (C=N–C) groups is 1. The highest BCUT2D eigenvalue weighted by molar-refractivity contribution is 6.30. The van der Waals surface area contributed by atoms with Crippen molar-refractivity contribution in [2.75, 3.05) is 31.2 Å². The number of nitrogens with zero attached hydrogens (tertiary/aromatic N) is 2. The number of hydrogen-bond donors (Lipinski definition) is 0. The fourth-order valence-electron chi connectivity index (χ4n) is 2.68. The smallest absolute Gasteiger partial charge is 0.0673 e. The molecule has 1 heterocycles. The van der Waals surface area contributed by atoms with Crippen LogP contribution in [-0.4, -0.2) is 32.5 Å². The second-order valence-corrected chi connectivity index (χ2v) is 6.27. The zero-order chi connectivity index (χ0) is 16.2. The van der Waals surface area contributed by atoms with Crippen LogP contribution >= 0.6 is 11.6 Å². The molecule has 0 aromatic heterocycles. The highest BCUT2D eigenvalue weighted by Crippen LogP contribution is 2.24. The van der Waals surface area contributed by atoms with Crippen LogP contribution in [0.15, 0.2) is 41.4 Å². The van der Waals surface area contributed by atoms with Gasteiger partial charge in [0.2, 0.25) is 0 Å². The van der Waals surface area contributed by atoms with Crippen LogP contribution in [0.3, 0.4) is 0 Å². The lowest BCUT2D eigenvalue weighted by atomic mass is 10.1. The number of benzene rings is 2. The number of hydrogen-bond acceptors (Lipinski definition) is 3. The molecule has 0 saturated carbocycles. The number of anilines is 1. The standard InChI is InChI=1S/C19H21ClN2O/c1-14-3-5-17(20)12-19(14)21-13-16-4-6-18(11-15(16)2)22-7-9-23-10-8-22/h3-6,11-13H,7-10H2,1-2H3. The summed E-state index contributed by atoms with van der Waals surface area (Å²) in [7, 11) is 0. The average Bonchev–Trinajstić information content (AvgIpc) is 2.57. The molecule has 0 radical (unpaired) electrons. The van der Waals surface area contributed by atoms with Gasteiger partial charge in [-0.1, -0.05) is 23.7 Å². The summed E-state index contributed by atoms with van der Waals surface area (Å²) in [6, 6.07) is 12.3. The van der Waals surface area contributed by atoms with Crippen molar-refractivity contribution in [3.05, 3.63) is 58.1 Å². The van der Waals surface area contributed by atoms with Gasteiger partial charge < -0.3 is 9.64 Å². The van der Waals surface area contributed by atoms with Gasteiger partial charge in [0, 0.05) is 30.0 Å². The van der Waals surface area contributed by atoms with E-state index in [1.165, 1.54) is 11.3 Å². The van der Waals surface area contributed by atoms with Crippen LogP contribution in [0.4, 0.5) is 11.4 Å². The molecule has 4 heteroatoms. The first-order chi connectivity index (χ1) is 11.1. The molecule has 0 bridgehead atoms. The number of rotatable bonds is 3. The molecule has 120 valence electrons. The minimum absolute atomic E-state index is 0.710. The van der Waals surface area contributed by atoms with Crippen molar-refractivity contribution in [3.63, 3.8) is 0 Å². The number of halogens is 1. The predicted molar refractivity (Wildman–Crippen MR) is 97.7 cm³/mol. The molecule has 2 aromatic carbocycles. The van der Waals surface area contributed by atoms with Crippen molar-refractivity contribution in [1.82, 2.24) is 0 Å². The molecule has 1 aliphatic rings. The summed E-state index contributed by atoms with van der Waals surface area (Å²) in [5.41, 5.74) is 5.63. The largest absolute Gasteiger partial charge is 0.378 e. The molecule has 0 aliphatic carbocycles. The SMILES string of the molecule is Cc1cc(N2CCOCC2)ccc1C=Nc1cc(Cl)ccc1C. The third kappa shape index (κ3) is 3.92. The Morgan fingerprint density at radius 3 is 2.57 bits per heavy atom. The van der Waals surface area contributed by atoms with E-state index in [1.807, 2.05) is 31.3 Å². The summed E-state index contributed by atoms with van der Waals surface area (Å²) in [6.45, 7) is 7.67. The summed E-state index contributed by atoms with van der Waals surface area (Å²) in [5, 5.41) is 0.710. The Morgan fingerprint density at radius 1 is 1.04 bits per heavy atom. The normalized spacial score (nSPS) is 15.3. The van der Waals surface area contributed by atoms with Gasteiger partial charge in [0.05, 0.1) is 18.9 Å². The van der Waals surface area contributed by atoms with Gasteiger partial charge in [-0.25, -0.2) is 0 Å². The van der Waals surface area contributed by atoms with Crippen molar-refractivity contribution in [2.24, 2.45) is 4.99 Å². The lowest BCUT2D eigenvalue weighted by Crippen LogP contribution is -2.36. The zero-order valence-electron chi connectivity index (χ0n) is 13.6. The van der Waals surface area contributed by atoms with Gasteiger partial charge >= 0.3 is 0 Å². The van der Waals surface area contributed by atoms with E-state index >= 15 is 0 Å².